The van der Waals surface area contributed by atoms with Gasteiger partial charge in [0.25, 0.3) is 0 Å². The van der Waals surface area contributed by atoms with Crippen molar-refractivity contribution in [2.75, 3.05) is 10.6 Å². The fourth-order valence-corrected chi connectivity index (χ4v) is 1.14. The Bertz CT molecular complexity index is 446. The molecule has 0 fully saturated rings. The third-order valence-electron chi connectivity index (χ3n) is 1.96. The lowest BCUT2D eigenvalue weighted by Gasteiger charge is -2.10. The van der Waals surface area contributed by atoms with Crippen molar-refractivity contribution in [2.45, 2.75) is 19.9 Å². The molecule has 1 aromatic carbocycles. The van der Waals surface area contributed by atoms with Gasteiger partial charge in [0, 0.05) is 12.6 Å². The van der Waals surface area contributed by atoms with Gasteiger partial charge in [0.05, 0.1) is 11.7 Å². The van der Waals surface area contributed by atoms with Gasteiger partial charge in [0.2, 0.25) is 11.8 Å². The monoisotopic (exact) mass is 239 g/mol. The molecule has 0 spiro atoms. The Morgan fingerprint density at radius 1 is 1.35 bits per heavy atom. The number of carbonyl (C=O) groups excluding carboxylic acids is 2. The number of rotatable bonds is 3. The van der Waals surface area contributed by atoms with Crippen LogP contribution in [-0.4, -0.2) is 17.9 Å². The van der Waals surface area contributed by atoms with E-state index < -0.39 is 11.9 Å². The summed E-state index contributed by atoms with van der Waals surface area (Å²) in [7, 11) is 0. The standard InChI is InChI=1S/C11H14FN3O2/c1-6(13)11(17)15-8-3-4-9(12)10(5-8)14-7(2)16/h3-6H,13H2,1-2H3,(H,14,16)(H,15,17). The average molecular weight is 239 g/mol. The molecular formula is C11H14FN3O2. The predicted octanol–water partition coefficient (Wildman–Crippen LogP) is 1.07. The number of benzene rings is 1. The fourth-order valence-electron chi connectivity index (χ4n) is 1.14. The van der Waals surface area contributed by atoms with Crippen LogP contribution in [0.15, 0.2) is 18.2 Å². The molecule has 0 aliphatic heterocycles. The van der Waals surface area contributed by atoms with E-state index >= 15 is 0 Å². The highest BCUT2D eigenvalue weighted by molar-refractivity contribution is 5.95. The van der Waals surface area contributed by atoms with Gasteiger partial charge in [-0.15, -0.1) is 0 Å². The molecule has 0 aromatic heterocycles. The maximum atomic E-state index is 13.3. The predicted molar refractivity (Wildman–Crippen MR) is 63.0 cm³/mol. The molecule has 0 radical (unpaired) electrons. The molecule has 2 amide bonds. The Kier molecular flexibility index (Phi) is 4.17. The summed E-state index contributed by atoms with van der Waals surface area (Å²) in [5, 5.41) is 4.82. The summed E-state index contributed by atoms with van der Waals surface area (Å²) in [6.45, 7) is 2.81. The van der Waals surface area contributed by atoms with Gasteiger partial charge in [0.1, 0.15) is 5.82 Å². The van der Waals surface area contributed by atoms with E-state index in [-0.39, 0.29) is 17.5 Å². The van der Waals surface area contributed by atoms with E-state index in [4.69, 9.17) is 5.73 Å². The van der Waals surface area contributed by atoms with Crippen molar-refractivity contribution in [3.8, 4) is 0 Å². The SMILES string of the molecule is CC(=O)Nc1cc(NC(=O)C(C)N)ccc1F. The molecule has 17 heavy (non-hydrogen) atoms. The van der Waals surface area contributed by atoms with Crippen LogP contribution in [0.3, 0.4) is 0 Å². The van der Waals surface area contributed by atoms with Crippen LogP contribution in [0.2, 0.25) is 0 Å². The lowest BCUT2D eigenvalue weighted by molar-refractivity contribution is -0.117. The second-order valence-corrected chi connectivity index (χ2v) is 3.65. The summed E-state index contributed by atoms with van der Waals surface area (Å²) in [5.74, 6) is -1.34. The zero-order valence-corrected chi connectivity index (χ0v) is 9.58. The molecule has 0 saturated carbocycles. The number of hydrogen-bond acceptors (Lipinski definition) is 3. The molecule has 1 aromatic rings. The van der Waals surface area contributed by atoms with E-state index in [9.17, 15) is 14.0 Å². The van der Waals surface area contributed by atoms with Crippen molar-refractivity contribution >= 4 is 23.2 Å². The van der Waals surface area contributed by atoms with Gasteiger partial charge in [-0.1, -0.05) is 0 Å². The van der Waals surface area contributed by atoms with Crippen LogP contribution in [0.4, 0.5) is 15.8 Å². The fraction of sp³-hybridized carbons (Fsp3) is 0.273. The lowest BCUT2D eigenvalue weighted by Crippen LogP contribution is -2.32. The van der Waals surface area contributed by atoms with Crippen LogP contribution in [0.25, 0.3) is 0 Å². The first-order valence-electron chi connectivity index (χ1n) is 5.03. The number of halogens is 1. The van der Waals surface area contributed by atoms with E-state index in [1.165, 1.54) is 26.0 Å². The van der Waals surface area contributed by atoms with Crippen LogP contribution in [0.1, 0.15) is 13.8 Å². The van der Waals surface area contributed by atoms with Gasteiger partial charge in [-0.05, 0) is 25.1 Å². The zero-order chi connectivity index (χ0) is 13.0. The third-order valence-corrected chi connectivity index (χ3v) is 1.96. The molecule has 0 aliphatic carbocycles. The van der Waals surface area contributed by atoms with Crippen molar-refractivity contribution in [2.24, 2.45) is 5.73 Å². The summed E-state index contributed by atoms with van der Waals surface area (Å²) in [5.41, 5.74) is 5.76. The number of hydrogen-bond donors (Lipinski definition) is 3. The second kappa shape index (κ2) is 5.40. The summed E-state index contributed by atoms with van der Waals surface area (Å²) in [4.78, 5) is 22.1. The molecule has 6 heteroatoms. The zero-order valence-electron chi connectivity index (χ0n) is 9.58. The van der Waals surface area contributed by atoms with Crippen molar-refractivity contribution in [3.63, 3.8) is 0 Å². The second-order valence-electron chi connectivity index (χ2n) is 3.65. The summed E-state index contributed by atoms with van der Waals surface area (Å²) < 4.78 is 13.3. The topological polar surface area (TPSA) is 84.2 Å². The highest BCUT2D eigenvalue weighted by Gasteiger charge is 2.10. The molecule has 1 rings (SSSR count). The molecule has 0 saturated heterocycles. The number of nitrogens with one attached hydrogen (secondary N) is 2. The normalized spacial score (nSPS) is 11.8. The Hall–Kier alpha value is -1.95. The minimum absolute atomic E-state index is 0.0139. The first kappa shape index (κ1) is 13.1. The van der Waals surface area contributed by atoms with E-state index in [2.05, 4.69) is 10.6 Å². The quantitative estimate of drug-likeness (QED) is 0.737. The Morgan fingerprint density at radius 2 is 2.00 bits per heavy atom. The summed E-state index contributed by atoms with van der Waals surface area (Å²) >= 11 is 0. The van der Waals surface area contributed by atoms with Crippen LogP contribution in [-0.2, 0) is 9.59 Å². The molecule has 1 unspecified atom stereocenters. The van der Waals surface area contributed by atoms with E-state index in [1.54, 1.807) is 0 Å². The molecular weight excluding hydrogens is 225 g/mol. The van der Waals surface area contributed by atoms with Crippen molar-refractivity contribution in [3.05, 3.63) is 24.0 Å². The van der Waals surface area contributed by atoms with Gasteiger partial charge >= 0.3 is 0 Å². The number of carbonyl (C=O) groups is 2. The Balaban J connectivity index is 2.88. The molecule has 0 heterocycles. The van der Waals surface area contributed by atoms with Gasteiger partial charge in [0.15, 0.2) is 0 Å². The first-order valence-corrected chi connectivity index (χ1v) is 5.03. The lowest BCUT2D eigenvalue weighted by atomic mass is 10.2. The minimum atomic E-state index is -0.663. The number of anilines is 2. The minimum Gasteiger partial charge on any atom is -0.325 e. The molecule has 0 aliphatic rings. The van der Waals surface area contributed by atoms with Crippen LogP contribution in [0, 0.1) is 5.82 Å². The van der Waals surface area contributed by atoms with Crippen LogP contribution >= 0.6 is 0 Å². The summed E-state index contributed by atoms with van der Waals surface area (Å²) in [6, 6.07) is 3.21. The molecule has 5 nitrogen and oxygen atoms in total. The smallest absolute Gasteiger partial charge is 0.240 e. The van der Waals surface area contributed by atoms with Crippen LogP contribution in [0.5, 0.6) is 0 Å². The maximum absolute atomic E-state index is 13.3. The van der Waals surface area contributed by atoms with Gasteiger partial charge in [-0.3, -0.25) is 9.59 Å². The average Bonchev–Trinajstić information content (AvgIpc) is 2.22. The van der Waals surface area contributed by atoms with E-state index in [0.29, 0.717) is 5.69 Å². The van der Waals surface area contributed by atoms with Gasteiger partial charge in [-0.25, -0.2) is 4.39 Å². The molecule has 1 atom stereocenters. The van der Waals surface area contributed by atoms with Crippen molar-refractivity contribution in [1.29, 1.82) is 0 Å². The van der Waals surface area contributed by atoms with E-state index in [0.717, 1.165) is 6.07 Å². The number of amides is 2. The highest BCUT2D eigenvalue weighted by Crippen LogP contribution is 2.19. The Morgan fingerprint density at radius 3 is 2.53 bits per heavy atom. The van der Waals surface area contributed by atoms with Crippen molar-refractivity contribution in [1.82, 2.24) is 0 Å². The number of nitrogens with two attached hydrogens (primary N) is 1. The van der Waals surface area contributed by atoms with E-state index in [1.807, 2.05) is 0 Å². The first-order chi connectivity index (χ1) is 7.90. The Labute approximate surface area is 98.2 Å². The third kappa shape index (κ3) is 3.84. The molecule has 4 N–H and O–H groups in total. The van der Waals surface area contributed by atoms with Crippen molar-refractivity contribution < 1.29 is 14.0 Å². The largest absolute Gasteiger partial charge is 0.325 e. The van der Waals surface area contributed by atoms with Crippen LogP contribution < -0.4 is 16.4 Å². The molecule has 0 bridgehead atoms. The molecule has 92 valence electrons. The summed E-state index contributed by atoms with van der Waals surface area (Å²) in [6.07, 6.45) is 0. The highest BCUT2D eigenvalue weighted by atomic mass is 19.1. The maximum Gasteiger partial charge on any atom is 0.240 e. The van der Waals surface area contributed by atoms with Gasteiger partial charge in [-0.2, -0.15) is 0 Å². The van der Waals surface area contributed by atoms with Gasteiger partial charge < -0.3 is 16.4 Å².